The molecule has 11 heteroatoms. The first kappa shape index (κ1) is 30.1. The second-order valence-electron chi connectivity index (χ2n) is 9.09. The number of esters is 4. The molecule has 0 aliphatic carbocycles. The minimum absolute atomic E-state index is 0.00237. The van der Waals surface area contributed by atoms with Crippen molar-refractivity contribution in [3.8, 4) is 0 Å². The zero-order valence-corrected chi connectivity index (χ0v) is 22.9. The zero-order chi connectivity index (χ0) is 28.4. The first-order valence-corrected chi connectivity index (χ1v) is 13.3. The Morgan fingerprint density at radius 3 is 2.18 bits per heavy atom. The van der Waals surface area contributed by atoms with Gasteiger partial charge in [0.2, 0.25) is 4.93 Å². The highest BCUT2D eigenvalue weighted by atomic mass is 32.2. The standard InChI is InChI=1S/C28H33NO9S/c1-18(30)34-17-22(36-19(2)31)14-24-26(29)25(37-20(3)32)15-28(38-24,39-23-12-8-5-9-13-23)27(33)35-16-21-10-6-4-7-11-21/h4-13,22,24-26H,14-17,29H2,1-3H3/t22?,24?,25-,26?,28?/m1/s1. The molecule has 0 saturated carbocycles. The van der Waals surface area contributed by atoms with E-state index in [0.29, 0.717) is 4.90 Å². The molecular formula is C28H33NO9S. The number of carbonyl (C=O) groups excluding carboxylic acids is 4. The van der Waals surface area contributed by atoms with Crippen LogP contribution in [0.4, 0.5) is 0 Å². The predicted molar refractivity (Wildman–Crippen MR) is 141 cm³/mol. The van der Waals surface area contributed by atoms with Crippen molar-refractivity contribution < 1.29 is 42.9 Å². The second kappa shape index (κ2) is 14.1. The minimum Gasteiger partial charge on any atom is -0.462 e. The van der Waals surface area contributed by atoms with E-state index >= 15 is 0 Å². The Morgan fingerprint density at radius 2 is 1.59 bits per heavy atom. The van der Waals surface area contributed by atoms with Crippen molar-refractivity contribution in [1.82, 2.24) is 0 Å². The van der Waals surface area contributed by atoms with Crippen LogP contribution in [0.5, 0.6) is 0 Å². The number of nitrogens with two attached hydrogens (primary N) is 1. The minimum atomic E-state index is -1.65. The number of hydrogen-bond acceptors (Lipinski definition) is 11. The van der Waals surface area contributed by atoms with E-state index in [4.69, 9.17) is 29.4 Å². The highest BCUT2D eigenvalue weighted by molar-refractivity contribution is 8.01. The third-order valence-corrected chi connectivity index (χ3v) is 7.10. The molecule has 5 atom stereocenters. The van der Waals surface area contributed by atoms with Crippen LogP contribution in [0.1, 0.15) is 39.2 Å². The van der Waals surface area contributed by atoms with Gasteiger partial charge >= 0.3 is 23.9 Å². The molecule has 0 radical (unpaired) electrons. The number of ether oxygens (including phenoxy) is 5. The molecule has 1 fully saturated rings. The molecule has 0 spiro atoms. The van der Waals surface area contributed by atoms with Crippen molar-refractivity contribution in [2.45, 2.75) is 74.4 Å². The molecule has 2 aromatic carbocycles. The highest BCUT2D eigenvalue weighted by Crippen LogP contribution is 2.45. The van der Waals surface area contributed by atoms with Crippen LogP contribution < -0.4 is 5.73 Å². The number of benzene rings is 2. The molecule has 0 amide bonds. The Balaban J connectivity index is 1.95. The Labute approximate surface area is 231 Å². The molecule has 0 aromatic heterocycles. The summed E-state index contributed by atoms with van der Waals surface area (Å²) in [5.41, 5.74) is 7.25. The summed E-state index contributed by atoms with van der Waals surface area (Å²) < 4.78 is 28.1. The fourth-order valence-electron chi connectivity index (χ4n) is 4.16. The van der Waals surface area contributed by atoms with Gasteiger partial charge in [0.05, 0.1) is 12.1 Å². The van der Waals surface area contributed by atoms with Crippen LogP contribution in [0, 0.1) is 0 Å². The molecule has 210 valence electrons. The van der Waals surface area contributed by atoms with Crippen LogP contribution in [0.25, 0.3) is 0 Å². The summed E-state index contributed by atoms with van der Waals surface area (Å²) in [4.78, 5) is 48.0. The molecule has 10 nitrogen and oxygen atoms in total. The molecule has 3 rings (SSSR count). The average Bonchev–Trinajstić information content (AvgIpc) is 2.89. The predicted octanol–water partition coefficient (Wildman–Crippen LogP) is 3.15. The molecule has 1 saturated heterocycles. The van der Waals surface area contributed by atoms with E-state index in [1.54, 1.807) is 0 Å². The first-order valence-electron chi connectivity index (χ1n) is 12.4. The SMILES string of the molecule is CC(=O)OCC(CC1OC(Sc2ccccc2)(C(=O)OCc2ccccc2)C[C@@H](OC(C)=O)C1N)OC(C)=O. The lowest BCUT2D eigenvalue weighted by molar-refractivity contribution is -0.196. The second-order valence-corrected chi connectivity index (χ2v) is 10.4. The Morgan fingerprint density at radius 1 is 0.949 bits per heavy atom. The van der Waals surface area contributed by atoms with Gasteiger partial charge in [0.25, 0.3) is 0 Å². The van der Waals surface area contributed by atoms with E-state index in [1.807, 2.05) is 60.7 Å². The van der Waals surface area contributed by atoms with Crippen LogP contribution in [-0.4, -0.2) is 59.8 Å². The fraction of sp³-hybridized carbons (Fsp3) is 0.429. The lowest BCUT2D eigenvalue weighted by atomic mass is 9.92. The summed E-state index contributed by atoms with van der Waals surface area (Å²) >= 11 is 1.11. The van der Waals surface area contributed by atoms with Gasteiger partial charge in [-0.2, -0.15) is 0 Å². The van der Waals surface area contributed by atoms with E-state index in [1.165, 1.54) is 20.8 Å². The Bertz CT molecular complexity index is 1130. The lowest BCUT2D eigenvalue weighted by Gasteiger charge is -2.45. The lowest BCUT2D eigenvalue weighted by Crippen LogP contribution is -2.61. The number of rotatable bonds is 11. The van der Waals surface area contributed by atoms with Gasteiger partial charge in [-0.15, -0.1) is 0 Å². The summed E-state index contributed by atoms with van der Waals surface area (Å²) in [6.45, 7) is 3.46. The van der Waals surface area contributed by atoms with Gasteiger partial charge < -0.3 is 29.4 Å². The van der Waals surface area contributed by atoms with Gasteiger partial charge in [-0.25, -0.2) is 4.79 Å². The number of hydrogen-bond donors (Lipinski definition) is 1. The molecule has 2 aromatic rings. The van der Waals surface area contributed by atoms with Crippen LogP contribution >= 0.6 is 11.8 Å². The maximum absolute atomic E-state index is 13.8. The zero-order valence-electron chi connectivity index (χ0n) is 22.1. The fourth-order valence-corrected chi connectivity index (χ4v) is 5.39. The van der Waals surface area contributed by atoms with E-state index in [0.717, 1.165) is 17.3 Å². The summed E-state index contributed by atoms with van der Waals surface area (Å²) in [6, 6.07) is 17.4. The Hall–Kier alpha value is -3.41. The third kappa shape index (κ3) is 9.09. The molecule has 2 N–H and O–H groups in total. The molecule has 4 unspecified atom stereocenters. The van der Waals surface area contributed by atoms with Crippen LogP contribution in [0.2, 0.25) is 0 Å². The normalized spacial score (nSPS) is 23.2. The van der Waals surface area contributed by atoms with Crippen molar-refractivity contribution in [2.24, 2.45) is 5.73 Å². The summed E-state index contributed by atoms with van der Waals surface area (Å²) in [6.07, 6.45) is -2.90. The largest absolute Gasteiger partial charge is 0.462 e. The maximum atomic E-state index is 13.8. The van der Waals surface area contributed by atoms with Crippen LogP contribution in [-0.2, 0) is 49.5 Å². The van der Waals surface area contributed by atoms with Crippen molar-refractivity contribution in [1.29, 1.82) is 0 Å². The summed E-state index contributed by atoms with van der Waals surface area (Å²) in [5.74, 6) is -2.42. The molecule has 1 aliphatic heterocycles. The monoisotopic (exact) mass is 559 g/mol. The van der Waals surface area contributed by atoms with Crippen molar-refractivity contribution in [3.63, 3.8) is 0 Å². The van der Waals surface area contributed by atoms with Gasteiger partial charge in [0.1, 0.15) is 25.4 Å². The molecule has 1 heterocycles. The van der Waals surface area contributed by atoms with Crippen molar-refractivity contribution in [2.75, 3.05) is 6.61 Å². The smallest absolute Gasteiger partial charge is 0.349 e. The van der Waals surface area contributed by atoms with E-state index in [9.17, 15) is 19.2 Å². The number of carbonyl (C=O) groups is 4. The molecule has 39 heavy (non-hydrogen) atoms. The third-order valence-electron chi connectivity index (χ3n) is 5.84. The van der Waals surface area contributed by atoms with E-state index < -0.39 is 53.2 Å². The van der Waals surface area contributed by atoms with Gasteiger partial charge in [-0.1, -0.05) is 60.3 Å². The van der Waals surface area contributed by atoms with Crippen LogP contribution in [0.3, 0.4) is 0 Å². The highest BCUT2D eigenvalue weighted by Gasteiger charge is 2.54. The quantitative estimate of drug-likeness (QED) is 0.321. The molecule has 0 bridgehead atoms. The van der Waals surface area contributed by atoms with E-state index in [2.05, 4.69) is 0 Å². The average molecular weight is 560 g/mol. The maximum Gasteiger partial charge on any atom is 0.349 e. The van der Waals surface area contributed by atoms with Gasteiger partial charge in [0, 0.05) is 38.5 Å². The topological polar surface area (TPSA) is 140 Å². The summed E-state index contributed by atoms with van der Waals surface area (Å²) in [5, 5.41) is 0. The van der Waals surface area contributed by atoms with Crippen molar-refractivity contribution >= 4 is 35.6 Å². The molecular weight excluding hydrogens is 526 g/mol. The van der Waals surface area contributed by atoms with Gasteiger partial charge in [0.15, 0.2) is 0 Å². The van der Waals surface area contributed by atoms with Gasteiger partial charge in [-0.3, -0.25) is 14.4 Å². The summed E-state index contributed by atoms with van der Waals surface area (Å²) in [7, 11) is 0. The Kier molecular flexibility index (Phi) is 10.9. The van der Waals surface area contributed by atoms with Gasteiger partial charge in [-0.05, 0) is 17.7 Å². The molecule has 1 aliphatic rings. The van der Waals surface area contributed by atoms with Crippen LogP contribution in [0.15, 0.2) is 65.6 Å². The number of thioether (sulfide) groups is 1. The van der Waals surface area contributed by atoms with Crippen molar-refractivity contribution in [3.05, 3.63) is 66.2 Å². The first-order chi connectivity index (χ1) is 18.6. The van der Waals surface area contributed by atoms with E-state index in [-0.39, 0.29) is 26.1 Å².